The maximum absolute atomic E-state index is 12.9. The minimum Gasteiger partial charge on any atom is -0.336 e. The fraction of sp³-hybridized carbons (Fsp3) is 0.762. The van der Waals surface area contributed by atoms with E-state index in [0.717, 1.165) is 18.8 Å². The monoisotopic (exact) mass is 387 g/mol. The van der Waals surface area contributed by atoms with E-state index in [1.165, 1.54) is 51.4 Å². The normalized spacial score (nSPS) is 22.1. The van der Waals surface area contributed by atoms with Gasteiger partial charge in [-0.2, -0.15) is 0 Å². The van der Waals surface area contributed by atoms with Gasteiger partial charge in [-0.1, -0.05) is 25.7 Å². The van der Waals surface area contributed by atoms with Crippen molar-refractivity contribution in [2.24, 2.45) is 7.05 Å². The van der Waals surface area contributed by atoms with Gasteiger partial charge in [0.05, 0.1) is 24.3 Å². The zero-order chi connectivity index (χ0) is 19.7. The number of carbonyl (C=O) groups excluding carboxylic acids is 1. The Morgan fingerprint density at radius 2 is 1.75 bits per heavy atom. The average molecular weight is 388 g/mol. The van der Waals surface area contributed by atoms with Crippen LogP contribution in [0.4, 0.5) is 4.79 Å². The minimum atomic E-state index is -0.0698. The maximum Gasteiger partial charge on any atom is 0.318 e. The molecular weight excluding hydrogens is 354 g/mol. The van der Waals surface area contributed by atoms with Gasteiger partial charge in [-0.15, -0.1) is 0 Å². The number of hydrogen-bond acceptors (Lipinski definition) is 4. The highest BCUT2D eigenvalue weighted by Crippen LogP contribution is 2.35. The number of nitrogens with zero attached hydrogens (tertiary/aromatic N) is 4. The number of carbonyl (C=O) groups is 1. The fourth-order valence-corrected chi connectivity index (χ4v) is 5.21. The number of likely N-dealkylation sites (tertiary alicyclic amines) is 1. The van der Waals surface area contributed by atoms with E-state index in [2.05, 4.69) is 15.2 Å². The van der Waals surface area contributed by atoms with Crippen molar-refractivity contribution < 1.29 is 4.79 Å². The van der Waals surface area contributed by atoms with Gasteiger partial charge in [-0.05, 0) is 45.7 Å². The maximum atomic E-state index is 12.9. The molecule has 7 nitrogen and oxygen atoms in total. The first-order valence-electron chi connectivity index (χ1n) is 10.8. The molecule has 1 saturated heterocycles. The Balaban J connectivity index is 1.43. The van der Waals surface area contributed by atoms with Crippen LogP contribution in [0.5, 0.6) is 0 Å². The van der Waals surface area contributed by atoms with E-state index in [1.807, 2.05) is 6.92 Å². The molecule has 28 heavy (non-hydrogen) atoms. The zero-order valence-electron chi connectivity index (χ0n) is 17.3. The third-order valence-corrected chi connectivity index (χ3v) is 7.05. The van der Waals surface area contributed by atoms with Crippen LogP contribution in [-0.4, -0.2) is 50.6 Å². The minimum absolute atomic E-state index is 0.0325. The Morgan fingerprint density at radius 1 is 1.07 bits per heavy atom. The summed E-state index contributed by atoms with van der Waals surface area (Å²) in [6, 6.07) is -0.0698. The number of amides is 2. The first-order valence-corrected chi connectivity index (χ1v) is 10.8. The molecule has 0 atom stereocenters. The standard InChI is InChI=1S/C21H33N5O2/c1-16-23-18-14-25(13-17(18)19(27)24(16)2)20(28)22-15-21(9-5-3-6-10-21)26-11-7-4-8-12-26/h3-15H2,1-2H3,(H,22,28). The summed E-state index contributed by atoms with van der Waals surface area (Å²) in [6.45, 7) is 5.64. The van der Waals surface area contributed by atoms with Crippen LogP contribution in [0.15, 0.2) is 4.79 Å². The lowest BCUT2D eigenvalue weighted by Gasteiger charge is -2.48. The van der Waals surface area contributed by atoms with E-state index >= 15 is 0 Å². The molecule has 2 amide bonds. The number of aromatic nitrogens is 2. The molecule has 0 aromatic carbocycles. The molecule has 7 heteroatoms. The Bertz CT molecular complexity index is 791. The van der Waals surface area contributed by atoms with Gasteiger partial charge in [-0.25, -0.2) is 9.78 Å². The number of nitrogens with one attached hydrogen (secondary N) is 1. The highest BCUT2D eigenvalue weighted by Gasteiger charge is 2.39. The van der Waals surface area contributed by atoms with Crippen LogP contribution in [-0.2, 0) is 20.1 Å². The van der Waals surface area contributed by atoms with E-state index in [1.54, 1.807) is 16.5 Å². The molecule has 3 heterocycles. The molecule has 1 aliphatic carbocycles. The summed E-state index contributed by atoms with van der Waals surface area (Å²) in [5, 5.41) is 3.22. The Morgan fingerprint density at radius 3 is 2.46 bits per heavy atom. The van der Waals surface area contributed by atoms with E-state index in [-0.39, 0.29) is 17.1 Å². The van der Waals surface area contributed by atoms with E-state index in [0.29, 0.717) is 31.0 Å². The molecule has 1 aromatic rings. The number of piperidine rings is 1. The molecule has 1 saturated carbocycles. The van der Waals surface area contributed by atoms with Crippen LogP contribution in [0.2, 0.25) is 0 Å². The van der Waals surface area contributed by atoms with Crippen LogP contribution in [0.25, 0.3) is 0 Å². The fourth-order valence-electron chi connectivity index (χ4n) is 5.21. The highest BCUT2D eigenvalue weighted by atomic mass is 16.2. The molecule has 3 aliphatic rings. The van der Waals surface area contributed by atoms with Crippen molar-refractivity contribution in [3.8, 4) is 0 Å². The number of aryl methyl sites for hydroxylation is 1. The highest BCUT2D eigenvalue weighted by molar-refractivity contribution is 5.75. The van der Waals surface area contributed by atoms with Gasteiger partial charge < -0.3 is 10.2 Å². The van der Waals surface area contributed by atoms with Crippen LogP contribution >= 0.6 is 0 Å². The van der Waals surface area contributed by atoms with Crippen molar-refractivity contribution >= 4 is 6.03 Å². The first kappa shape index (κ1) is 19.4. The first-order chi connectivity index (χ1) is 13.5. The molecule has 0 bridgehead atoms. The Hall–Kier alpha value is -1.89. The van der Waals surface area contributed by atoms with Gasteiger partial charge in [0.15, 0.2) is 0 Å². The lowest BCUT2D eigenvalue weighted by atomic mass is 9.79. The molecule has 2 aliphatic heterocycles. The van der Waals surface area contributed by atoms with Crippen LogP contribution in [0.3, 0.4) is 0 Å². The van der Waals surface area contributed by atoms with Crippen LogP contribution < -0.4 is 10.9 Å². The SMILES string of the molecule is Cc1nc2c(c(=O)n1C)CN(C(=O)NCC1(N3CCCCC3)CCCCC1)C2. The van der Waals surface area contributed by atoms with Gasteiger partial charge in [0.1, 0.15) is 5.82 Å². The number of fused-ring (bicyclic) bond motifs is 1. The van der Waals surface area contributed by atoms with Gasteiger partial charge >= 0.3 is 6.03 Å². The molecule has 0 radical (unpaired) electrons. The second-order valence-corrected chi connectivity index (χ2v) is 8.80. The Kier molecular flexibility index (Phi) is 5.45. The summed E-state index contributed by atoms with van der Waals surface area (Å²) in [6.07, 6.45) is 10.0. The van der Waals surface area contributed by atoms with Crippen LogP contribution in [0, 0.1) is 6.92 Å². The second-order valence-electron chi connectivity index (χ2n) is 8.80. The molecule has 1 aromatic heterocycles. The summed E-state index contributed by atoms with van der Waals surface area (Å²) < 4.78 is 1.56. The molecule has 4 rings (SSSR count). The van der Waals surface area contributed by atoms with Crippen molar-refractivity contribution in [2.45, 2.75) is 76.9 Å². The molecule has 0 spiro atoms. The molecule has 2 fully saturated rings. The molecular formula is C21H33N5O2. The van der Waals surface area contributed by atoms with Gasteiger partial charge in [0.2, 0.25) is 0 Å². The topological polar surface area (TPSA) is 70.5 Å². The summed E-state index contributed by atoms with van der Waals surface area (Å²) in [5.41, 5.74) is 1.49. The predicted molar refractivity (Wildman–Crippen MR) is 108 cm³/mol. The van der Waals surface area contributed by atoms with E-state index in [9.17, 15) is 9.59 Å². The number of rotatable bonds is 3. The molecule has 0 unspecified atom stereocenters. The smallest absolute Gasteiger partial charge is 0.318 e. The lowest BCUT2D eigenvalue weighted by Crippen LogP contribution is -2.59. The van der Waals surface area contributed by atoms with Crippen LogP contribution in [0.1, 0.15) is 68.4 Å². The number of urea groups is 1. The van der Waals surface area contributed by atoms with Gasteiger partial charge in [-0.3, -0.25) is 14.3 Å². The largest absolute Gasteiger partial charge is 0.336 e. The average Bonchev–Trinajstić information content (AvgIpc) is 3.16. The lowest BCUT2D eigenvalue weighted by molar-refractivity contribution is 0.0343. The van der Waals surface area contributed by atoms with Gasteiger partial charge in [0, 0.05) is 19.1 Å². The Labute approximate surface area is 167 Å². The van der Waals surface area contributed by atoms with Gasteiger partial charge in [0.25, 0.3) is 5.56 Å². The van der Waals surface area contributed by atoms with Crippen molar-refractivity contribution in [1.29, 1.82) is 0 Å². The van der Waals surface area contributed by atoms with Crippen molar-refractivity contribution in [1.82, 2.24) is 24.7 Å². The summed E-state index contributed by atoms with van der Waals surface area (Å²) in [4.78, 5) is 34.3. The summed E-state index contributed by atoms with van der Waals surface area (Å²) >= 11 is 0. The number of hydrogen-bond donors (Lipinski definition) is 1. The van der Waals surface area contributed by atoms with E-state index < -0.39 is 0 Å². The van der Waals surface area contributed by atoms with E-state index in [4.69, 9.17) is 0 Å². The molecule has 1 N–H and O–H groups in total. The third kappa shape index (κ3) is 3.56. The van der Waals surface area contributed by atoms with Crippen molar-refractivity contribution in [3.05, 3.63) is 27.4 Å². The third-order valence-electron chi connectivity index (χ3n) is 7.05. The van der Waals surface area contributed by atoms with Crippen molar-refractivity contribution in [2.75, 3.05) is 19.6 Å². The second kappa shape index (κ2) is 7.85. The molecule has 154 valence electrons. The summed E-state index contributed by atoms with van der Waals surface area (Å²) in [7, 11) is 1.74. The predicted octanol–water partition coefficient (Wildman–Crippen LogP) is 2.30. The van der Waals surface area contributed by atoms with Crippen molar-refractivity contribution in [3.63, 3.8) is 0 Å². The summed E-state index contributed by atoms with van der Waals surface area (Å²) in [5.74, 6) is 0.692. The quantitative estimate of drug-likeness (QED) is 0.864. The zero-order valence-corrected chi connectivity index (χ0v) is 17.3.